The zero-order chi connectivity index (χ0) is 25.7. The molecule has 0 spiro atoms. The van der Waals surface area contributed by atoms with Crippen molar-refractivity contribution in [2.75, 3.05) is 0 Å². The molecule has 0 bridgehead atoms. The van der Waals surface area contributed by atoms with Gasteiger partial charge >= 0.3 is 0 Å². The second kappa shape index (κ2) is 9.50. The van der Waals surface area contributed by atoms with Crippen LogP contribution in [0.1, 0.15) is 42.3 Å². The van der Waals surface area contributed by atoms with E-state index in [2.05, 4.69) is 81.3 Å². The van der Waals surface area contributed by atoms with Crippen LogP contribution in [0.15, 0.2) is 76.3 Å². The number of nitrogens with one attached hydrogen (secondary N) is 1. The summed E-state index contributed by atoms with van der Waals surface area (Å²) in [7, 11) is 0. The molecule has 37 heavy (non-hydrogen) atoms. The number of rotatable bonds is 6. The minimum atomic E-state index is -0.240. The van der Waals surface area contributed by atoms with Crippen molar-refractivity contribution in [3.63, 3.8) is 0 Å². The van der Waals surface area contributed by atoms with E-state index in [9.17, 15) is 0 Å². The zero-order valence-electron chi connectivity index (χ0n) is 20.4. The fourth-order valence-corrected chi connectivity index (χ4v) is 5.78. The van der Waals surface area contributed by atoms with Gasteiger partial charge < -0.3 is 4.74 Å². The summed E-state index contributed by atoms with van der Waals surface area (Å²) in [6.07, 6.45) is 2.58. The molecule has 1 aliphatic heterocycles. The second-order valence-electron chi connectivity index (χ2n) is 9.59. The lowest BCUT2D eigenvalue weighted by atomic mass is 9.93. The van der Waals surface area contributed by atoms with E-state index >= 15 is 0 Å². The first kappa shape index (κ1) is 24.5. The number of aryl methyl sites for hydroxylation is 1. The Morgan fingerprint density at radius 1 is 1.05 bits per heavy atom. The van der Waals surface area contributed by atoms with Crippen LogP contribution in [0, 0.1) is 6.92 Å². The van der Waals surface area contributed by atoms with Crippen molar-refractivity contribution >= 4 is 45.0 Å². The topological polar surface area (TPSA) is 51.4 Å². The van der Waals surface area contributed by atoms with E-state index in [-0.39, 0.29) is 11.6 Å². The maximum atomic E-state index is 6.66. The van der Waals surface area contributed by atoms with Gasteiger partial charge in [-0.25, -0.2) is 4.98 Å². The van der Waals surface area contributed by atoms with Gasteiger partial charge in [-0.15, -0.1) is 5.10 Å². The Balaban J connectivity index is 1.42. The molecule has 2 aliphatic rings. The molecule has 0 amide bonds. The van der Waals surface area contributed by atoms with Gasteiger partial charge in [0.25, 0.3) is 5.90 Å². The molecule has 2 heterocycles. The van der Waals surface area contributed by atoms with Gasteiger partial charge in [0.1, 0.15) is 11.5 Å². The average molecular weight is 596 g/mol. The molecule has 1 saturated carbocycles. The highest BCUT2D eigenvalue weighted by atomic mass is 79.9. The summed E-state index contributed by atoms with van der Waals surface area (Å²) in [4.78, 5) is 5.07. The minimum Gasteiger partial charge on any atom is -0.449 e. The van der Waals surface area contributed by atoms with Crippen molar-refractivity contribution in [1.29, 1.82) is 0 Å². The standard InChI is InChI=1S/C29H25BrCl2N4O/c1-3-24-25(27-34-35-28(37-27)29(14-15-29)18-6-4-17(2)5-7-18)33-26(22-13-10-20(31)16-23(22)32)36(24)21-11-8-19(30)9-12-21/h4-13,16,28,35H,3,14-15H2,1-2H3. The number of nitrogens with zero attached hydrogens (tertiary/aromatic N) is 3. The molecule has 0 radical (unpaired) electrons. The van der Waals surface area contributed by atoms with Crippen molar-refractivity contribution < 1.29 is 4.74 Å². The number of aromatic nitrogens is 2. The normalized spacial score (nSPS) is 17.8. The Kier molecular flexibility index (Phi) is 6.30. The summed E-state index contributed by atoms with van der Waals surface area (Å²) in [6.45, 7) is 4.21. The van der Waals surface area contributed by atoms with Gasteiger partial charge in [0, 0.05) is 20.7 Å². The zero-order valence-corrected chi connectivity index (χ0v) is 23.5. The number of hydrogen-bond acceptors (Lipinski definition) is 4. The van der Waals surface area contributed by atoms with Crippen LogP contribution in [0.2, 0.25) is 10.0 Å². The molecule has 0 saturated heterocycles. The van der Waals surface area contributed by atoms with Crippen LogP contribution in [0.4, 0.5) is 0 Å². The molecule has 1 aliphatic carbocycles. The third kappa shape index (κ3) is 4.35. The molecule has 1 fully saturated rings. The van der Waals surface area contributed by atoms with E-state index in [0.717, 1.165) is 40.7 Å². The predicted octanol–water partition coefficient (Wildman–Crippen LogP) is 7.82. The Morgan fingerprint density at radius 2 is 1.78 bits per heavy atom. The lowest BCUT2D eigenvalue weighted by Crippen LogP contribution is -2.36. The molecular formula is C29H25BrCl2N4O. The number of imidazole rings is 1. The van der Waals surface area contributed by atoms with Crippen molar-refractivity contribution in [1.82, 2.24) is 15.0 Å². The summed E-state index contributed by atoms with van der Waals surface area (Å²) in [5, 5.41) is 5.76. The van der Waals surface area contributed by atoms with Crippen molar-refractivity contribution in [2.24, 2.45) is 5.10 Å². The highest BCUT2D eigenvalue weighted by Gasteiger charge is 2.54. The minimum absolute atomic E-state index is 0.0814. The van der Waals surface area contributed by atoms with Gasteiger partial charge in [-0.1, -0.05) is 75.9 Å². The van der Waals surface area contributed by atoms with Crippen molar-refractivity contribution in [3.8, 4) is 17.1 Å². The van der Waals surface area contributed by atoms with E-state index in [1.807, 2.05) is 24.3 Å². The first-order valence-corrected chi connectivity index (χ1v) is 13.8. The first-order valence-electron chi connectivity index (χ1n) is 12.3. The van der Waals surface area contributed by atoms with E-state index in [1.54, 1.807) is 6.07 Å². The van der Waals surface area contributed by atoms with Crippen LogP contribution < -0.4 is 5.43 Å². The van der Waals surface area contributed by atoms with Crippen molar-refractivity contribution in [2.45, 2.75) is 44.8 Å². The fourth-order valence-electron chi connectivity index (χ4n) is 5.02. The second-order valence-corrected chi connectivity index (χ2v) is 11.3. The number of hydrazone groups is 1. The Morgan fingerprint density at radius 3 is 2.43 bits per heavy atom. The van der Waals surface area contributed by atoms with Gasteiger partial charge in [-0.2, -0.15) is 0 Å². The van der Waals surface area contributed by atoms with Crippen molar-refractivity contribution in [3.05, 3.63) is 104 Å². The number of ether oxygens (including phenoxy) is 1. The molecule has 1 unspecified atom stereocenters. The monoisotopic (exact) mass is 594 g/mol. The maximum Gasteiger partial charge on any atom is 0.260 e. The Labute approximate surface area is 234 Å². The molecule has 1 atom stereocenters. The molecule has 1 aromatic heterocycles. The van der Waals surface area contributed by atoms with Gasteiger partial charge in [-0.05, 0) is 74.2 Å². The lowest BCUT2D eigenvalue weighted by Gasteiger charge is -2.23. The summed E-state index contributed by atoms with van der Waals surface area (Å²) in [6, 6.07) is 22.3. The SMILES string of the molecule is CCc1c(C2=NNC(C3(c4ccc(C)cc4)CC3)O2)nc(-c2ccc(Cl)cc2Cl)n1-c1ccc(Br)cc1. The van der Waals surface area contributed by atoms with Crippen LogP contribution in [0.3, 0.4) is 0 Å². The lowest BCUT2D eigenvalue weighted by molar-refractivity contribution is 0.142. The van der Waals surface area contributed by atoms with Crippen LogP contribution in [-0.2, 0) is 16.6 Å². The van der Waals surface area contributed by atoms with Crippen LogP contribution in [-0.4, -0.2) is 21.7 Å². The van der Waals surface area contributed by atoms with E-state index in [4.69, 9.17) is 32.9 Å². The summed E-state index contributed by atoms with van der Waals surface area (Å²) in [5.74, 6) is 1.22. The Bertz CT molecular complexity index is 1510. The van der Waals surface area contributed by atoms with Crippen LogP contribution >= 0.6 is 39.1 Å². The van der Waals surface area contributed by atoms with Crippen LogP contribution in [0.5, 0.6) is 0 Å². The molecule has 8 heteroatoms. The quantitative estimate of drug-likeness (QED) is 0.247. The van der Waals surface area contributed by atoms with Gasteiger partial charge in [-0.3, -0.25) is 9.99 Å². The third-order valence-electron chi connectivity index (χ3n) is 7.20. The predicted molar refractivity (Wildman–Crippen MR) is 153 cm³/mol. The number of halogens is 3. The van der Waals surface area contributed by atoms with Crippen LogP contribution in [0.25, 0.3) is 17.1 Å². The molecule has 1 N–H and O–H groups in total. The molecule has 4 aromatic rings. The Hall–Kier alpha value is -2.80. The summed E-state index contributed by atoms with van der Waals surface area (Å²) in [5.41, 5.74) is 9.18. The highest BCUT2D eigenvalue weighted by Crippen LogP contribution is 2.52. The smallest absolute Gasteiger partial charge is 0.260 e. The third-order valence-corrected chi connectivity index (χ3v) is 8.27. The largest absolute Gasteiger partial charge is 0.449 e. The average Bonchev–Trinajstić information content (AvgIpc) is 3.38. The molecule has 3 aromatic carbocycles. The molecule has 6 rings (SSSR count). The van der Waals surface area contributed by atoms with Gasteiger partial charge in [0.15, 0.2) is 6.23 Å². The fraction of sp³-hybridized carbons (Fsp3) is 0.241. The molecule has 5 nitrogen and oxygen atoms in total. The first-order chi connectivity index (χ1) is 17.9. The molecular weight excluding hydrogens is 571 g/mol. The molecule has 188 valence electrons. The highest BCUT2D eigenvalue weighted by molar-refractivity contribution is 9.10. The van der Waals surface area contributed by atoms with Gasteiger partial charge in [0.05, 0.1) is 16.1 Å². The number of hydrogen-bond donors (Lipinski definition) is 1. The summed E-state index contributed by atoms with van der Waals surface area (Å²) >= 11 is 16.4. The number of benzene rings is 3. The van der Waals surface area contributed by atoms with E-state index in [0.29, 0.717) is 27.5 Å². The van der Waals surface area contributed by atoms with E-state index < -0.39 is 0 Å². The van der Waals surface area contributed by atoms with E-state index in [1.165, 1.54) is 11.1 Å². The summed E-state index contributed by atoms with van der Waals surface area (Å²) < 4.78 is 9.64. The maximum absolute atomic E-state index is 6.66. The van der Waals surface area contributed by atoms with Gasteiger partial charge in [0.2, 0.25) is 0 Å².